The molecule has 2 atom stereocenters. The first-order valence-corrected chi connectivity index (χ1v) is 8.09. The van der Waals surface area contributed by atoms with Gasteiger partial charge < -0.3 is 20.1 Å². The van der Waals surface area contributed by atoms with Crippen molar-refractivity contribution in [2.45, 2.75) is 18.9 Å². The van der Waals surface area contributed by atoms with Gasteiger partial charge in [0.05, 0.1) is 24.8 Å². The number of halogens is 2. The number of amides is 1. The van der Waals surface area contributed by atoms with E-state index in [1.165, 1.54) is 13.2 Å². The molecule has 1 fully saturated rings. The average Bonchev–Trinajstić information content (AvgIpc) is 2.58. The molecule has 0 spiro atoms. The van der Waals surface area contributed by atoms with Gasteiger partial charge in [-0.3, -0.25) is 0 Å². The number of ether oxygens (including phenoxy) is 2. The maximum Gasteiger partial charge on any atom is 0.406 e. The molecule has 23 heavy (non-hydrogen) atoms. The quantitative estimate of drug-likeness (QED) is 0.779. The molecule has 1 aromatic rings. The van der Waals surface area contributed by atoms with Crippen molar-refractivity contribution >= 4 is 17.7 Å². The van der Waals surface area contributed by atoms with Gasteiger partial charge in [0, 0.05) is 24.6 Å². The highest BCUT2D eigenvalue weighted by Crippen LogP contribution is 2.34. The van der Waals surface area contributed by atoms with Gasteiger partial charge in [-0.25, -0.2) is 9.18 Å². The van der Waals surface area contributed by atoms with Gasteiger partial charge in [-0.1, -0.05) is 23.7 Å². The van der Waals surface area contributed by atoms with E-state index in [1.807, 2.05) is 0 Å². The van der Waals surface area contributed by atoms with Crippen molar-refractivity contribution in [1.29, 1.82) is 0 Å². The van der Waals surface area contributed by atoms with E-state index in [-0.39, 0.29) is 17.5 Å². The van der Waals surface area contributed by atoms with E-state index in [2.05, 4.69) is 15.4 Å². The Balaban J connectivity index is 2.05. The van der Waals surface area contributed by atoms with Gasteiger partial charge in [-0.15, -0.1) is 0 Å². The Bertz CT molecular complexity index is 524. The normalized spacial score (nSPS) is 19.2. The zero-order valence-corrected chi connectivity index (χ0v) is 13.9. The fourth-order valence-electron chi connectivity index (χ4n) is 2.77. The lowest BCUT2D eigenvalue weighted by molar-refractivity contribution is 0.00260. The molecule has 0 radical (unpaired) electrons. The summed E-state index contributed by atoms with van der Waals surface area (Å²) in [4.78, 5) is 11.1. The van der Waals surface area contributed by atoms with Crippen LogP contribution in [0.1, 0.15) is 24.5 Å². The maximum atomic E-state index is 14.4. The second-order valence-electron chi connectivity index (χ2n) is 5.46. The molecule has 2 rings (SSSR count). The molecule has 2 N–H and O–H groups in total. The molecule has 1 heterocycles. The minimum atomic E-state index is -0.515. The second kappa shape index (κ2) is 9.05. The molecule has 1 saturated heterocycles. The third-order valence-corrected chi connectivity index (χ3v) is 4.20. The fourth-order valence-corrected chi connectivity index (χ4v) is 2.95. The summed E-state index contributed by atoms with van der Waals surface area (Å²) in [5.74, 6) is -0.277. The van der Waals surface area contributed by atoms with Crippen LogP contribution in [0.15, 0.2) is 18.2 Å². The van der Waals surface area contributed by atoms with E-state index in [1.54, 1.807) is 12.1 Å². The van der Waals surface area contributed by atoms with Gasteiger partial charge in [-0.2, -0.15) is 0 Å². The van der Waals surface area contributed by atoms with Crippen LogP contribution in [-0.4, -0.2) is 39.4 Å². The van der Waals surface area contributed by atoms with Crippen LogP contribution >= 0.6 is 11.6 Å². The number of benzene rings is 1. The number of carbonyl (C=O) groups is 1. The number of nitrogens with one attached hydrogen (secondary N) is 2. The van der Waals surface area contributed by atoms with Crippen LogP contribution in [0.3, 0.4) is 0 Å². The van der Waals surface area contributed by atoms with Gasteiger partial charge in [-0.05, 0) is 25.5 Å². The van der Waals surface area contributed by atoms with Crippen LogP contribution in [0.5, 0.6) is 0 Å². The summed E-state index contributed by atoms with van der Waals surface area (Å²) in [5, 5.41) is 5.95. The molecule has 1 aliphatic rings. The minimum Gasteiger partial charge on any atom is -0.453 e. The molecule has 0 aliphatic carbocycles. The Kier molecular flexibility index (Phi) is 7.08. The first-order valence-electron chi connectivity index (χ1n) is 7.71. The van der Waals surface area contributed by atoms with Crippen LogP contribution in [0.4, 0.5) is 9.18 Å². The SMILES string of the molecule is COC(=O)NCCO[C@@H](c1cccc(Cl)c1F)[C@@H]1CCCNC1. The van der Waals surface area contributed by atoms with Crippen molar-refractivity contribution in [2.75, 3.05) is 33.4 Å². The molecular formula is C16H22ClFN2O3. The molecule has 128 valence electrons. The van der Waals surface area contributed by atoms with Crippen LogP contribution in [0, 0.1) is 11.7 Å². The van der Waals surface area contributed by atoms with Crippen molar-refractivity contribution in [1.82, 2.24) is 10.6 Å². The highest BCUT2D eigenvalue weighted by molar-refractivity contribution is 6.30. The Hall–Kier alpha value is -1.37. The monoisotopic (exact) mass is 344 g/mol. The van der Waals surface area contributed by atoms with Crippen molar-refractivity contribution in [3.63, 3.8) is 0 Å². The summed E-state index contributed by atoms with van der Waals surface area (Å²) < 4.78 is 24.8. The zero-order valence-electron chi connectivity index (χ0n) is 13.1. The fraction of sp³-hybridized carbons (Fsp3) is 0.562. The number of rotatable bonds is 6. The first-order chi connectivity index (χ1) is 11.1. The van der Waals surface area contributed by atoms with Crippen molar-refractivity contribution in [3.8, 4) is 0 Å². The Morgan fingerprint density at radius 3 is 3.09 bits per heavy atom. The van der Waals surface area contributed by atoms with Crippen LogP contribution in [0.25, 0.3) is 0 Å². The van der Waals surface area contributed by atoms with E-state index in [9.17, 15) is 9.18 Å². The molecule has 5 nitrogen and oxygen atoms in total. The molecule has 0 aromatic heterocycles. The molecule has 1 aliphatic heterocycles. The number of hydrogen-bond acceptors (Lipinski definition) is 4. The van der Waals surface area contributed by atoms with E-state index in [0.717, 1.165) is 25.9 Å². The van der Waals surface area contributed by atoms with Gasteiger partial charge in [0.2, 0.25) is 0 Å². The summed E-state index contributed by atoms with van der Waals surface area (Å²) in [6.45, 7) is 2.29. The second-order valence-corrected chi connectivity index (χ2v) is 5.87. The topological polar surface area (TPSA) is 59.6 Å². The van der Waals surface area contributed by atoms with Crippen LogP contribution in [-0.2, 0) is 9.47 Å². The number of methoxy groups -OCH3 is 1. The summed E-state index contributed by atoms with van der Waals surface area (Å²) in [6.07, 6.45) is 1.06. The lowest BCUT2D eigenvalue weighted by Gasteiger charge is -2.31. The van der Waals surface area contributed by atoms with Crippen molar-refractivity contribution in [2.24, 2.45) is 5.92 Å². The summed E-state index contributed by atoms with van der Waals surface area (Å²) in [6, 6.07) is 4.95. The van der Waals surface area contributed by atoms with Crippen molar-refractivity contribution in [3.05, 3.63) is 34.6 Å². The Morgan fingerprint density at radius 1 is 1.57 bits per heavy atom. The van der Waals surface area contributed by atoms with Crippen LogP contribution in [0.2, 0.25) is 5.02 Å². The third kappa shape index (κ3) is 5.06. The van der Waals surface area contributed by atoms with E-state index in [0.29, 0.717) is 12.1 Å². The van der Waals surface area contributed by atoms with E-state index in [4.69, 9.17) is 16.3 Å². The van der Waals surface area contributed by atoms with Gasteiger partial charge in [0.15, 0.2) is 0 Å². The van der Waals surface area contributed by atoms with Gasteiger partial charge in [0.25, 0.3) is 0 Å². The predicted octanol–water partition coefficient (Wildman–Crippen LogP) is 2.89. The summed E-state index contributed by atoms with van der Waals surface area (Å²) in [5.41, 5.74) is 0.462. The summed E-state index contributed by atoms with van der Waals surface area (Å²) in [7, 11) is 1.30. The predicted molar refractivity (Wildman–Crippen MR) is 86.1 cm³/mol. The third-order valence-electron chi connectivity index (χ3n) is 3.91. The number of carbonyl (C=O) groups excluding carboxylic acids is 1. The standard InChI is InChI=1S/C16H22ClFN2O3/c1-22-16(21)20-8-9-23-15(11-4-3-7-19-10-11)12-5-2-6-13(17)14(12)18/h2,5-6,11,15,19H,3-4,7-10H2,1H3,(H,20,21)/t11-,15-/m1/s1. The molecule has 0 saturated carbocycles. The van der Waals surface area contributed by atoms with Crippen LogP contribution < -0.4 is 10.6 Å². The van der Waals surface area contributed by atoms with E-state index >= 15 is 0 Å². The zero-order chi connectivity index (χ0) is 16.7. The highest BCUT2D eigenvalue weighted by Gasteiger charge is 2.28. The maximum absolute atomic E-state index is 14.4. The average molecular weight is 345 g/mol. The summed E-state index contributed by atoms with van der Waals surface area (Å²) >= 11 is 5.90. The number of piperidine rings is 1. The van der Waals surface area contributed by atoms with E-state index < -0.39 is 18.0 Å². The Labute approximate surface area is 140 Å². The molecule has 1 amide bonds. The lowest BCUT2D eigenvalue weighted by Crippen LogP contribution is -2.35. The van der Waals surface area contributed by atoms with Crippen molar-refractivity contribution < 1.29 is 18.7 Å². The highest BCUT2D eigenvalue weighted by atomic mass is 35.5. The number of alkyl carbamates (subject to hydrolysis) is 1. The molecule has 1 aromatic carbocycles. The number of hydrogen-bond donors (Lipinski definition) is 2. The molecule has 0 unspecified atom stereocenters. The smallest absolute Gasteiger partial charge is 0.406 e. The van der Waals surface area contributed by atoms with Gasteiger partial charge in [0.1, 0.15) is 5.82 Å². The largest absolute Gasteiger partial charge is 0.453 e. The lowest BCUT2D eigenvalue weighted by atomic mass is 9.89. The molecule has 0 bridgehead atoms. The first kappa shape index (κ1) is 18.0. The minimum absolute atomic E-state index is 0.0903. The van der Waals surface area contributed by atoms with Gasteiger partial charge >= 0.3 is 6.09 Å². The Morgan fingerprint density at radius 2 is 2.39 bits per heavy atom. The molecular weight excluding hydrogens is 323 g/mol. The molecule has 7 heteroatoms.